The van der Waals surface area contributed by atoms with Gasteiger partial charge in [-0.3, -0.25) is 9.48 Å². The maximum absolute atomic E-state index is 13.2. The van der Waals surface area contributed by atoms with E-state index in [4.69, 9.17) is 4.42 Å². The Morgan fingerprint density at radius 1 is 1.33 bits per heavy atom. The molecule has 0 aliphatic rings. The Hall–Kier alpha value is -2.69. The largest absolute Gasteiger partial charge is 0.460 e. The lowest BCUT2D eigenvalue weighted by Gasteiger charge is -2.01. The van der Waals surface area contributed by atoms with Crippen LogP contribution in [0.15, 0.2) is 47.0 Å². The van der Waals surface area contributed by atoms with Crippen molar-refractivity contribution in [3.05, 3.63) is 65.3 Å². The number of carbonyl (C=O) groups is 1. The van der Waals surface area contributed by atoms with Crippen LogP contribution in [0.5, 0.6) is 0 Å². The van der Waals surface area contributed by atoms with Crippen molar-refractivity contribution in [2.45, 2.75) is 13.5 Å². The first kappa shape index (κ1) is 13.3. The highest BCUT2D eigenvalue weighted by Crippen LogP contribution is 2.23. The number of hydrogen-bond acceptors (Lipinski definition) is 3. The number of halogens is 1. The first-order chi connectivity index (χ1) is 10.2. The lowest BCUT2D eigenvalue weighted by atomic mass is 10.2. The van der Waals surface area contributed by atoms with E-state index in [0.717, 1.165) is 17.6 Å². The van der Waals surface area contributed by atoms with Crippen LogP contribution in [0.2, 0.25) is 0 Å². The average molecular weight is 284 g/mol. The van der Waals surface area contributed by atoms with Crippen molar-refractivity contribution in [2.24, 2.45) is 0 Å². The van der Waals surface area contributed by atoms with Crippen LogP contribution >= 0.6 is 0 Å². The Labute approximate surface area is 120 Å². The number of aromatic nitrogens is 2. The summed E-state index contributed by atoms with van der Waals surface area (Å²) in [6.45, 7) is 2.21. The predicted molar refractivity (Wildman–Crippen MR) is 75.6 cm³/mol. The first-order valence-corrected chi connectivity index (χ1v) is 6.49. The summed E-state index contributed by atoms with van der Waals surface area (Å²) < 4.78 is 20.3. The van der Waals surface area contributed by atoms with Crippen molar-refractivity contribution in [3.8, 4) is 11.5 Å². The lowest BCUT2D eigenvalue weighted by Crippen LogP contribution is -2.00. The van der Waals surface area contributed by atoms with Crippen LogP contribution in [-0.2, 0) is 6.54 Å². The Morgan fingerprint density at radius 3 is 2.86 bits per heavy atom. The molecular weight excluding hydrogens is 271 g/mol. The van der Waals surface area contributed by atoms with Gasteiger partial charge < -0.3 is 4.42 Å². The molecule has 0 radical (unpaired) electrons. The fourth-order valence-electron chi connectivity index (χ4n) is 2.18. The van der Waals surface area contributed by atoms with Crippen molar-refractivity contribution in [2.75, 3.05) is 0 Å². The fraction of sp³-hybridized carbons (Fsp3) is 0.125. The fourth-order valence-corrected chi connectivity index (χ4v) is 2.18. The molecule has 3 aromatic rings. The van der Waals surface area contributed by atoms with E-state index in [9.17, 15) is 9.18 Å². The molecule has 5 heteroatoms. The van der Waals surface area contributed by atoms with Crippen LogP contribution in [0.3, 0.4) is 0 Å². The van der Waals surface area contributed by atoms with E-state index in [0.29, 0.717) is 23.6 Å². The Balaban J connectivity index is 1.94. The van der Waals surface area contributed by atoms with Crippen molar-refractivity contribution < 1.29 is 13.6 Å². The molecular formula is C16H13FN2O2. The molecule has 1 aromatic carbocycles. The zero-order chi connectivity index (χ0) is 14.8. The van der Waals surface area contributed by atoms with Crippen molar-refractivity contribution in [3.63, 3.8) is 0 Å². The maximum Gasteiger partial charge on any atom is 0.155 e. The molecule has 0 spiro atoms. The highest BCUT2D eigenvalue weighted by atomic mass is 19.1. The third-order valence-corrected chi connectivity index (χ3v) is 3.12. The van der Waals surface area contributed by atoms with Gasteiger partial charge in [-0.1, -0.05) is 12.1 Å². The van der Waals surface area contributed by atoms with Gasteiger partial charge >= 0.3 is 0 Å². The van der Waals surface area contributed by atoms with Crippen LogP contribution in [-0.4, -0.2) is 16.1 Å². The normalized spacial score (nSPS) is 10.8. The zero-order valence-corrected chi connectivity index (χ0v) is 11.4. The van der Waals surface area contributed by atoms with Gasteiger partial charge in [-0.15, -0.1) is 0 Å². The minimum atomic E-state index is -0.294. The standard InChI is InChI=1S/C16H13FN2O2/c1-11-5-6-15(21-11)16-13(10-20)9-19(18-16)8-12-3-2-4-14(17)7-12/h2-7,9-10H,8H2,1H3. The molecule has 3 rings (SSSR count). The highest BCUT2D eigenvalue weighted by Gasteiger charge is 2.14. The third-order valence-electron chi connectivity index (χ3n) is 3.12. The summed E-state index contributed by atoms with van der Waals surface area (Å²) in [6, 6.07) is 9.87. The number of rotatable bonds is 4. The predicted octanol–water partition coefficient (Wildman–Crippen LogP) is 3.45. The van der Waals surface area contributed by atoms with E-state index in [1.165, 1.54) is 12.1 Å². The topological polar surface area (TPSA) is 48.0 Å². The maximum atomic E-state index is 13.2. The molecule has 0 aliphatic heterocycles. The van der Waals surface area contributed by atoms with E-state index in [1.807, 2.05) is 19.1 Å². The van der Waals surface area contributed by atoms with Gasteiger partial charge in [0, 0.05) is 6.20 Å². The second kappa shape index (κ2) is 5.36. The molecule has 0 saturated heterocycles. The van der Waals surface area contributed by atoms with Crippen LogP contribution in [0.1, 0.15) is 21.7 Å². The minimum absolute atomic E-state index is 0.294. The monoisotopic (exact) mass is 284 g/mol. The number of aryl methyl sites for hydroxylation is 1. The second-order valence-corrected chi connectivity index (χ2v) is 4.79. The molecule has 0 atom stereocenters. The Kier molecular flexibility index (Phi) is 3.39. The van der Waals surface area contributed by atoms with Gasteiger partial charge in [0.1, 0.15) is 17.3 Å². The van der Waals surface area contributed by atoms with Crippen LogP contribution in [0.25, 0.3) is 11.5 Å². The van der Waals surface area contributed by atoms with E-state index in [-0.39, 0.29) is 5.82 Å². The number of carbonyl (C=O) groups excluding carboxylic acids is 1. The molecule has 2 aromatic heterocycles. The van der Waals surface area contributed by atoms with Gasteiger partial charge in [0.15, 0.2) is 12.0 Å². The van der Waals surface area contributed by atoms with Crippen molar-refractivity contribution in [1.82, 2.24) is 9.78 Å². The van der Waals surface area contributed by atoms with Crippen LogP contribution < -0.4 is 0 Å². The van der Waals surface area contributed by atoms with Gasteiger partial charge in [0.2, 0.25) is 0 Å². The molecule has 0 aliphatic carbocycles. The van der Waals surface area contributed by atoms with Gasteiger partial charge in [0.25, 0.3) is 0 Å². The summed E-state index contributed by atoms with van der Waals surface area (Å²) in [5, 5.41) is 4.36. The van der Waals surface area contributed by atoms with Gasteiger partial charge in [-0.25, -0.2) is 4.39 Å². The van der Waals surface area contributed by atoms with Crippen LogP contribution in [0, 0.1) is 12.7 Å². The van der Waals surface area contributed by atoms with Crippen molar-refractivity contribution in [1.29, 1.82) is 0 Å². The average Bonchev–Trinajstić information content (AvgIpc) is 3.05. The summed E-state index contributed by atoms with van der Waals surface area (Å²) in [5.74, 6) is 1.01. The van der Waals surface area contributed by atoms with E-state index in [1.54, 1.807) is 23.0 Å². The molecule has 0 amide bonds. The summed E-state index contributed by atoms with van der Waals surface area (Å²) >= 11 is 0. The smallest absolute Gasteiger partial charge is 0.155 e. The molecule has 0 N–H and O–H groups in total. The zero-order valence-electron chi connectivity index (χ0n) is 11.4. The Bertz CT molecular complexity index is 789. The minimum Gasteiger partial charge on any atom is -0.460 e. The first-order valence-electron chi connectivity index (χ1n) is 6.49. The summed E-state index contributed by atoms with van der Waals surface area (Å²) in [4.78, 5) is 11.2. The quantitative estimate of drug-likeness (QED) is 0.689. The summed E-state index contributed by atoms with van der Waals surface area (Å²) in [7, 11) is 0. The van der Waals surface area contributed by atoms with Crippen molar-refractivity contribution >= 4 is 6.29 Å². The molecule has 2 heterocycles. The molecule has 0 unspecified atom stereocenters. The van der Waals surface area contributed by atoms with E-state index < -0.39 is 0 Å². The van der Waals surface area contributed by atoms with Gasteiger partial charge in [0.05, 0.1) is 12.1 Å². The van der Waals surface area contributed by atoms with E-state index in [2.05, 4.69) is 5.10 Å². The third kappa shape index (κ3) is 2.76. The summed E-state index contributed by atoms with van der Waals surface area (Å²) in [5.41, 5.74) is 1.72. The van der Waals surface area contributed by atoms with Crippen LogP contribution in [0.4, 0.5) is 4.39 Å². The highest BCUT2D eigenvalue weighted by molar-refractivity contribution is 5.84. The molecule has 21 heavy (non-hydrogen) atoms. The lowest BCUT2D eigenvalue weighted by molar-refractivity contribution is 0.112. The molecule has 106 valence electrons. The number of furan rings is 1. The molecule has 0 saturated carbocycles. The number of hydrogen-bond donors (Lipinski definition) is 0. The molecule has 4 nitrogen and oxygen atoms in total. The molecule has 0 bridgehead atoms. The molecule has 0 fully saturated rings. The number of nitrogens with zero attached hydrogens (tertiary/aromatic N) is 2. The number of aldehydes is 1. The Morgan fingerprint density at radius 2 is 2.19 bits per heavy atom. The SMILES string of the molecule is Cc1ccc(-c2nn(Cc3cccc(F)c3)cc2C=O)o1. The summed E-state index contributed by atoms with van der Waals surface area (Å²) in [6.07, 6.45) is 2.37. The second-order valence-electron chi connectivity index (χ2n) is 4.79. The van der Waals surface area contributed by atoms with Gasteiger partial charge in [-0.05, 0) is 36.8 Å². The van der Waals surface area contributed by atoms with Gasteiger partial charge in [-0.2, -0.15) is 5.10 Å². The van der Waals surface area contributed by atoms with E-state index >= 15 is 0 Å². The number of benzene rings is 1.